The number of ether oxygens (including phenoxy) is 2. The fourth-order valence-corrected chi connectivity index (χ4v) is 5.51. The standard InChI is InChI=1S/C29H23BrN2O6S/c1-16-5-3-4-6-18(16)15-38-20-9-7-17(8-10-20)25(33)23-24(19-13-21(30)26(34)22(14-19)37-2)32(28(36)27(23)35)29-31-11-12-39-29/h3-14,24,33-34H,15H2,1-2H3. The highest BCUT2D eigenvalue weighted by atomic mass is 79.9. The molecule has 198 valence electrons. The molecule has 2 heterocycles. The van der Waals surface area contributed by atoms with E-state index in [4.69, 9.17) is 9.47 Å². The van der Waals surface area contributed by atoms with Crippen molar-refractivity contribution in [3.05, 3.63) is 105 Å². The first-order valence-electron chi connectivity index (χ1n) is 11.8. The summed E-state index contributed by atoms with van der Waals surface area (Å²) >= 11 is 4.49. The SMILES string of the molecule is COc1cc(C2C(=C(O)c3ccc(OCc4ccccc4C)cc3)C(=O)C(=O)N2c2nccs2)cc(Br)c1O. The number of aromatic nitrogens is 1. The molecule has 1 aliphatic rings. The van der Waals surface area contributed by atoms with Gasteiger partial charge in [-0.25, -0.2) is 4.98 Å². The Kier molecular flexibility index (Phi) is 7.40. The third kappa shape index (κ3) is 5.00. The first-order chi connectivity index (χ1) is 18.8. The molecule has 0 aliphatic carbocycles. The number of methoxy groups -OCH3 is 1. The van der Waals surface area contributed by atoms with Crippen LogP contribution in [-0.2, 0) is 16.2 Å². The molecule has 1 amide bonds. The van der Waals surface area contributed by atoms with E-state index in [-0.39, 0.29) is 22.8 Å². The zero-order valence-electron chi connectivity index (χ0n) is 20.9. The molecule has 1 unspecified atom stereocenters. The van der Waals surface area contributed by atoms with Gasteiger partial charge in [0.1, 0.15) is 18.1 Å². The van der Waals surface area contributed by atoms with Gasteiger partial charge in [-0.05, 0) is 75.9 Å². The number of phenols is 1. The van der Waals surface area contributed by atoms with Crippen LogP contribution in [-0.4, -0.2) is 34.0 Å². The topological polar surface area (TPSA) is 109 Å². The summed E-state index contributed by atoms with van der Waals surface area (Å²) in [5.41, 5.74) is 2.84. The van der Waals surface area contributed by atoms with Crippen molar-refractivity contribution < 1.29 is 29.3 Å². The van der Waals surface area contributed by atoms with Gasteiger partial charge in [-0.1, -0.05) is 24.3 Å². The molecule has 0 radical (unpaired) electrons. The number of aliphatic hydroxyl groups is 1. The van der Waals surface area contributed by atoms with Crippen LogP contribution in [0.3, 0.4) is 0 Å². The lowest BCUT2D eigenvalue weighted by atomic mass is 9.95. The lowest BCUT2D eigenvalue weighted by molar-refractivity contribution is -0.132. The summed E-state index contributed by atoms with van der Waals surface area (Å²) < 4.78 is 11.5. The fourth-order valence-electron chi connectivity index (χ4n) is 4.39. The molecule has 4 aromatic rings. The molecule has 39 heavy (non-hydrogen) atoms. The van der Waals surface area contributed by atoms with Crippen molar-refractivity contribution in [2.24, 2.45) is 0 Å². The van der Waals surface area contributed by atoms with Crippen molar-refractivity contribution in [3.8, 4) is 17.2 Å². The minimum Gasteiger partial charge on any atom is -0.507 e. The van der Waals surface area contributed by atoms with Gasteiger partial charge in [-0.2, -0.15) is 0 Å². The average Bonchev–Trinajstić information content (AvgIpc) is 3.56. The number of amides is 1. The maximum absolute atomic E-state index is 13.3. The molecule has 1 fully saturated rings. The number of thiazole rings is 1. The Morgan fingerprint density at radius 3 is 2.54 bits per heavy atom. The number of halogens is 1. The van der Waals surface area contributed by atoms with Crippen molar-refractivity contribution in [1.29, 1.82) is 0 Å². The summed E-state index contributed by atoms with van der Waals surface area (Å²) in [6, 6.07) is 16.7. The molecule has 0 saturated carbocycles. The van der Waals surface area contributed by atoms with Crippen LogP contribution in [0.5, 0.6) is 17.2 Å². The number of hydrogen-bond donors (Lipinski definition) is 2. The molecular formula is C29H23BrN2O6S. The van der Waals surface area contributed by atoms with Crippen LogP contribution < -0.4 is 14.4 Å². The minimum absolute atomic E-state index is 0.108. The molecule has 8 nitrogen and oxygen atoms in total. The molecule has 1 aromatic heterocycles. The smallest absolute Gasteiger partial charge is 0.301 e. The van der Waals surface area contributed by atoms with E-state index < -0.39 is 17.7 Å². The summed E-state index contributed by atoms with van der Waals surface area (Å²) in [4.78, 5) is 32.0. The van der Waals surface area contributed by atoms with E-state index in [1.54, 1.807) is 35.7 Å². The molecule has 1 aliphatic heterocycles. The summed E-state index contributed by atoms with van der Waals surface area (Å²) in [7, 11) is 1.39. The highest BCUT2D eigenvalue weighted by Crippen LogP contribution is 2.46. The molecule has 1 saturated heterocycles. The van der Waals surface area contributed by atoms with Gasteiger partial charge >= 0.3 is 5.91 Å². The second-order valence-corrected chi connectivity index (χ2v) is 10.5. The molecular weight excluding hydrogens is 584 g/mol. The number of aromatic hydroxyl groups is 1. The molecule has 0 bridgehead atoms. The molecule has 0 spiro atoms. The van der Waals surface area contributed by atoms with Gasteiger partial charge in [-0.3, -0.25) is 14.5 Å². The second-order valence-electron chi connectivity index (χ2n) is 8.78. The predicted molar refractivity (Wildman–Crippen MR) is 151 cm³/mol. The zero-order chi connectivity index (χ0) is 27.7. The van der Waals surface area contributed by atoms with E-state index in [9.17, 15) is 19.8 Å². The van der Waals surface area contributed by atoms with Crippen LogP contribution in [0.15, 0.2) is 82.3 Å². The quantitative estimate of drug-likeness (QED) is 0.148. The summed E-state index contributed by atoms with van der Waals surface area (Å²) in [5.74, 6) is -1.42. The number of rotatable bonds is 7. The van der Waals surface area contributed by atoms with Crippen molar-refractivity contribution in [3.63, 3.8) is 0 Å². The zero-order valence-corrected chi connectivity index (χ0v) is 23.3. The number of phenolic OH excluding ortho intramolecular Hbond substituents is 1. The summed E-state index contributed by atoms with van der Waals surface area (Å²) in [6.07, 6.45) is 1.53. The van der Waals surface area contributed by atoms with E-state index in [1.165, 1.54) is 35.6 Å². The fraction of sp³-hybridized carbons (Fsp3) is 0.138. The molecule has 2 N–H and O–H groups in total. The number of anilines is 1. The van der Waals surface area contributed by atoms with Crippen molar-refractivity contribution in [2.75, 3.05) is 12.0 Å². The van der Waals surface area contributed by atoms with Crippen molar-refractivity contribution >= 4 is 49.8 Å². The summed E-state index contributed by atoms with van der Waals surface area (Å²) in [6.45, 7) is 2.40. The molecule has 5 rings (SSSR count). The predicted octanol–water partition coefficient (Wildman–Crippen LogP) is 6.13. The number of nitrogens with zero attached hydrogens (tertiary/aromatic N) is 2. The van der Waals surface area contributed by atoms with E-state index in [0.717, 1.165) is 11.1 Å². The largest absolute Gasteiger partial charge is 0.507 e. The highest BCUT2D eigenvalue weighted by Gasteiger charge is 2.48. The van der Waals surface area contributed by atoms with Crippen molar-refractivity contribution in [2.45, 2.75) is 19.6 Å². The van der Waals surface area contributed by atoms with Gasteiger partial charge in [0.25, 0.3) is 5.78 Å². The number of carbonyl (C=O) groups excluding carboxylic acids is 2. The summed E-state index contributed by atoms with van der Waals surface area (Å²) in [5, 5.41) is 23.7. The van der Waals surface area contributed by atoms with E-state index in [2.05, 4.69) is 20.9 Å². The van der Waals surface area contributed by atoms with Crippen LogP contribution in [0, 0.1) is 6.92 Å². The Bertz CT molecular complexity index is 1580. The van der Waals surface area contributed by atoms with Gasteiger partial charge in [0, 0.05) is 17.1 Å². The number of benzene rings is 3. The Balaban J connectivity index is 1.54. The lowest BCUT2D eigenvalue weighted by Crippen LogP contribution is -2.29. The van der Waals surface area contributed by atoms with Gasteiger partial charge in [0.05, 0.1) is 23.2 Å². The average molecular weight is 607 g/mol. The highest BCUT2D eigenvalue weighted by molar-refractivity contribution is 9.10. The van der Waals surface area contributed by atoms with Gasteiger partial charge in [0.2, 0.25) is 0 Å². The van der Waals surface area contributed by atoms with Crippen LogP contribution in [0.25, 0.3) is 5.76 Å². The number of aliphatic hydroxyl groups excluding tert-OH is 1. The van der Waals surface area contributed by atoms with Gasteiger partial charge < -0.3 is 19.7 Å². The van der Waals surface area contributed by atoms with Crippen molar-refractivity contribution in [1.82, 2.24) is 4.98 Å². The third-order valence-corrected chi connectivity index (χ3v) is 7.81. The monoisotopic (exact) mass is 606 g/mol. The minimum atomic E-state index is -1.01. The first-order valence-corrected chi connectivity index (χ1v) is 13.5. The van der Waals surface area contributed by atoms with Crippen LogP contribution >= 0.6 is 27.3 Å². The van der Waals surface area contributed by atoms with Gasteiger partial charge in [0.15, 0.2) is 16.6 Å². The maximum atomic E-state index is 13.3. The molecule has 3 aromatic carbocycles. The Morgan fingerprint density at radius 2 is 1.87 bits per heavy atom. The Labute approximate surface area is 236 Å². The Hall–Kier alpha value is -4.15. The Morgan fingerprint density at radius 1 is 1.13 bits per heavy atom. The number of carbonyl (C=O) groups is 2. The van der Waals surface area contributed by atoms with Crippen LogP contribution in [0.4, 0.5) is 5.13 Å². The van der Waals surface area contributed by atoms with E-state index in [1.807, 2.05) is 31.2 Å². The second kappa shape index (κ2) is 10.9. The van der Waals surface area contributed by atoms with E-state index in [0.29, 0.717) is 33.1 Å². The third-order valence-electron chi connectivity index (χ3n) is 6.44. The normalized spacial score (nSPS) is 16.5. The van der Waals surface area contributed by atoms with Crippen LogP contribution in [0.2, 0.25) is 0 Å². The molecule has 1 atom stereocenters. The maximum Gasteiger partial charge on any atom is 0.301 e. The number of ketones is 1. The van der Waals surface area contributed by atoms with Gasteiger partial charge in [-0.15, -0.1) is 11.3 Å². The first kappa shape index (κ1) is 26.5. The number of aryl methyl sites for hydroxylation is 1. The molecule has 10 heteroatoms. The number of hydrogen-bond acceptors (Lipinski definition) is 8. The van der Waals surface area contributed by atoms with E-state index >= 15 is 0 Å². The lowest BCUT2D eigenvalue weighted by Gasteiger charge is -2.24. The van der Waals surface area contributed by atoms with Crippen LogP contribution in [0.1, 0.15) is 28.3 Å². The number of Topliss-reactive ketones (excluding diaryl/α,β-unsaturated/α-hetero) is 1.